The van der Waals surface area contributed by atoms with Crippen LogP contribution < -0.4 is 4.89 Å². The molecule has 0 aliphatic heterocycles. The molecule has 0 N–H and O–H groups in total. The predicted molar refractivity (Wildman–Crippen MR) is 268 cm³/mol. The second-order valence-electron chi connectivity index (χ2n) is 19.6. The highest BCUT2D eigenvalue weighted by atomic mass is 31.2. The van der Waals surface area contributed by atoms with Crippen LogP contribution in [0.15, 0.2) is 24.3 Å². The Morgan fingerprint density at radius 3 is 1.30 bits per heavy atom. The summed E-state index contributed by atoms with van der Waals surface area (Å²) in [6.07, 6.45) is 56.4. The Labute approximate surface area is 392 Å². The van der Waals surface area contributed by atoms with Gasteiger partial charge in [-0.05, 0) is 44.9 Å². The Bertz CT molecular complexity index is 1060. The number of ether oxygens (including phenoxy) is 2. The van der Waals surface area contributed by atoms with Gasteiger partial charge < -0.3 is 27.9 Å². The van der Waals surface area contributed by atoms with E-state index in [9.17, 15) is 14.3 Å². The van der Waals surface area contributed by atoms with E-state index in [0.717, 1.165) is 57.8 Å². The number of phosphoric ester groups is 1. The molecule has 0 fully saturated rings. The molecule has 63 heavy (non-hydrogen) atoms. The van der Waals surface area contributed by atoms with E-state index in [1.807, 2.05) is 21.1 Å². The molecule has 9 heteroatoms. The van der Waals surface area contributed by atoms with E-state index in [1.165, 1.54) is 180 Å². The Morgan fingerprint density at radius 1 is 0.492 bits per heavy atom. The average molecular weight is 912 g/mol. The second-order valence-corrected chi connectivity index (χ2v) is 21.0. The van der Waals surface area contributed by atoms with Crippen molar-refractivity contribution >= 4 is 13.8 Å². The van der Waals surface area contributed by atoms with E-state index >= 15 is 0 Å². The molecule has 0 aromatic carbocycles. The molecule has 2 atom stereocenters. The van der Waals surface area contributed by atoms with Gasteiger partial charge in [-0.2, -0.15) is 0 Å². The van der Waals surface area contributed by atoms with Crippen molar-refractivity contribution in [3.8, 4) is 0 Å². The molecule has 374 valence electrons. The van der Waals surface area contributed by atoms with Crippen LogP contribution in [0, 0.1) is 0 Å². The maximum absolute atomic E-state index is 12.7. The van der Waals surface area contributed by atoms with Gasteiger partial charge in [-0.25, -0.2) is 0 Å². The first-order valence-corrected chi connectivity index (χ1v) is 28.5. The molecule has 0 rings (SSSR count). The van der Waals surface area contributed by atoms with Gasteiger partial charge in [0.05, 0.1) is 34.4 Å². The first-order chi connectivity index (χ1) is 30.6. The highest BCUT2D eigenvalue weighted by molar-refractivity contribution is 7.45. The molecule has 0 spiro atoms. The molecular weight excluding hydrogens is 806 g/mol. The molecule has 0 aliphatic carbocycles. The van der Waals surface area contributed by atoms with E-state index in [1.54, 1.807) is 0 Å². The molecule has 0 saturated heterocycles. The van der Waals surface area contributed by atoms with E-state index in [-0.39, 0.29) is 25.8 Å². The third-order valence-electron chi connectivity index (χ3n) is 12.0. The molecule has 0 amide bonds. The van der Waals surface area contributed by atoms with Gasteiger partial charge in [0.1, 0.15) is 19.3 Å². The zero-order valence-corrected chi connectivity index (χ0v) is 43.4. The molecular formula is C54H106NO7P. The topological polar surface area (TPSA) is 94.1 Å². The van der Waals surface area contributed by atoms with Gasteiger partial charge in [-0.1, -0.05) is 231 Å². The van der Waals surface area contributed by atoms with Crippen molar-refractivity contribution in [2.45, 2.75) is 264 Å². The number of esters is 1. The fourth-order valence-corrected chi connectivity index (χ4v) is 8.54. The summed E-state index contributed by atoms with van der Waals surface area (Å²) in [5, 5.41) is 0. The average Bonchev–Trinajstić information content (AvgIpc) is 3.24. The van der Waals surface area contributed by atoms with Gasteiger partial charge >= 0.3 is 5.97 Å². The molecule has 0 aliphatic rings. The summed E-state index contributed by atoms with van der Waals surface area (Å²) in [7, 11) is 1.36. The summed E-state index contributed by atoms with van der Waals surface area (Å²) in [6, 6.07) is 0. The molecule has 2 unspecified atom stereocenters. The third-order valence-corrected chi connectivity index (χ3v) is 13.0. The quantitative estimate of drug-likeness (QED) is 0.0197. The van der Waals surface area contributed by atoms with Crippen LogP contribution in [-0.2, 0) is 27.9 Å². The largest absolute Gasteiger partial charge is 0.756 e. The van der Waals surface area contributed by atoms with Crippen LogP contribution in [0.1, 0.15) is 258 Å². The SMILES string of the molecule is CCCCCC/C=C\C/C=C\CCCCCCCC(=O)OC(COCCCCCCCCCCCCCCCCCCCCCCCCCCC)COP(=O)([O-])OCC[N+](C)(C)C. The number of phosphoric acid groups is 1. The first-order valence-electron chi connectivity index (χ1n) is 27.1. The lowest BCUT2D eigenvalue weighted by molar-refractivity contribution is -0.870. The molecule has 8 nitrogen and oxygen atoms in total. The molecule has 0 bridgehead atoms. The Kier molecular flexibility index (Phi) is 46.7. The number of hydrogen-bond acceptors (Lipinski definition) is 7. The fraction of sp³-hybridized carbons (Fsp3) is 0.907. The van der Waals surface area contributed by atoms with Gasteiger partial charge in [0.25, 0.3) is 7.82 Å². The van der Waals surface area contributed by atoms with Crippen molar-refractivity contribution in [2.75, 3.05) is 54.1 Å². The van der Waals surface area contributed by atoms with Crippen molar-refractivity contribution in [3.63, 3.8) is 0 Å². The Balaban J connectivity index is 4.04. The van der Waals surface area contributed by atoms with E-state index in [4.69, 9.17) is 18.5 Å². The van der Waals surface area contributed by atoms with Crippen LogP contribution >= 0.6 is 7.82 Å². The smallest absolute Gasteiger partial charge is 0.306 e. The maximum atomic E-state index is 12.7. The number of rotatable bonds is 51. The van der Waals surface area contributed by atoms with Crippen molar-refractivity contribution in [1.29, 1.82) is 0 Å². The summed E-state index contributed by atoms with van der Waals surface area (Å²) in [5.74, 6) is -0.342. The van der Waals surface area contributed by atoms with Crippen molar-refractivity contribution in [3.05, 3.63) is 24.3 Å². The van der Waals surface area contributed by atoms with Crippen molar-refractivity contribution in [2.24, 2.45) is 0 Å². The molecule has 0 aromatic heterocycles. The second kappa shape index (κ2) is 47.5. The molecule has 0 radical (unpaired) electrons. The third kappa shape index (κ3) is 51.8. The van der Waals surface area contributed by atoms with Crippen LogP contribution in [0.2, 0.25) is 0 Å². The van der Waals surface area contributed by atoms with E-state index < -0.39 is 13.9 Å². The van der Waals surface area contributed by atoms with E-state index in [2.05, 4.69) is 38.2 Å². The van der Waals surface area contributed by atoms with Crippen LogP contribution in [0.5, 0.6) is 0 Å². The van der Waals surface area contributed by atoms with Crippen LogP contribution in [0.3, 0.4) is 0 Å². The Morgan fingerprint density at radius 2 is 0.873 bits per heavy atom. The zero-order chi connectivity index (χ0) is 46.2. The minimum absolute atomic E-state index is 0.0255. The summed E-state index contributed by atoms with van der Waals surface area (Å²) in [5.41, 5.74) is 0. The van der Waals surface area contributed by atoms with Crippen LogP contribution in [0.25, 0.3) is 0 Å². The number of carbonyl (C=O) groups excluding carboxylic acids is 1. The number of quaternary nitrogens is 1. The standard InChI is InChI=1S/C54H106NO7P/c1-6-8-10-12-14-16-18-20-22-24-25-26-27-28-29-30-31-32-34-36-38-40-42-44-46-49-59-51-53(52-61-63(57,58)60-50-48-55(3,4)5)62-54(56)47-45-43-41-39-37-35-33-23-21-19-17-15-13-11-9-7-2/h17,19,23,33,53H,6-16,18,20-22,24-32,34-52H2,1-5H3/b19-17-,33-23-. The number of nitrogens with zero attached hydrogens (tertiary/aromatic N) is 1. The molecule has 0 heterocycles. The number of allylic oxidation sites excluding steroid dienone is 4. The highest BCUT2D eigenvalue weighted by Gasteiger charge is 2.20. The monoisotopic (exact) mass is 912 g/mol. The van der Waals surface area contributed by atoms with Crippen molar-refractivity contribution in [1.82, 2.24) is 0 Å². The lowest BCUT2D eigenvalue weighted by Gasteiger charge is -2.28. The highest BCUT2D eigenvalue weighted by Crippen LogP contribution is 2.38. The normalized spacial score (nSPS) is 13.7. The maximum Gasteiger partial charge on any atom is 0.306 e. The molecule has 0 saturated carbocycles. The van der Waals surface area contributed by atoms with Gasteiger partial charge in [-0.15, -0.1) is 0 Å². The lowest BCUT2D eigenvalue weighted by Crippen LogP contribution is -2.37. The minimum Gasteiger partial charge on any atom is -0.756 e. The summed E-state index contributed by atoms with van der Waals surface area (Å²) in [4.78, 5) is 25.2. The predicted octanol–water partition coefficient (Wildman–Crippen LogP) is 16.1. The number of likely N-dealkylation sites (N-methyl/N-ethyl adjacent to an activating group) is 1. The molecule has 0 aromatic rings. The van der Waals surface area contributed by atoms with Gasteiger partial charge in [-0.3, -0.25) is 9.36 Å². The van der Waals surface area contributed by atoms with E-state index in [0.29, 0.717) is 24.1 Å². The number of unbranched alkanes of at least 4 members (excludes halogenated alkanes) is 33. The van der Waals surface area contributed by atoms with Gasteiger partial charge in [0, 0.05) is 13.0 Å². The summed E-state index contributed by atoms with van der Waals surface area (Å²) >= 11 is 0. The minimum atomic E-state index is -4.53. The van der Waals surface area contributed by atoms with Crippen LogP contribution in [-0.4, -0.2) is 70.7 Å². The Hall–Kier alpha value is -1.02. The van der Waals surface area contributed by atoms with Gasteiger partial charge in [0.2, 0.25) is 0 Å². The zero-order valence-electron chi connectivity index (χ0n) is 42.5. The first kappa shape index (κ1) is 62.0. The number of carbonyl (C=O) groups is 1. The fourth-order valence-electron chi connectivity index (χ4n) is 7.81. The van der Waals surface area contributed by atoms with Gasteiger partial charge in [0.15, 0.2) is 0 Å². The lowest BCUT2D eigenvalue weighted by atomic mass is 10.0. The summed E-state index contributed by atoms with van der Waals surface area (Å²) < 4.78 is 34.8. The summed E-state index contributed by atoms with van der Waals surface area (Å²) in [6.45, 7) is 5.43. The van der Waals surface area contributed by atoms with Crippen molar-refractivity contribution < 1.29 is 37.3 Å². The number of hydrogen-bond donors (Lipinski definition) is 0. The van der Waals surface area contributed by atoms with Crippen LogP contribution in [0.4, 0.5) is 0 Å².